The Morgan fingerprint density at radius 3 is 2.44 bits per heavy atom. The molecule has 3 rings (SSSR count). The first kappa shape index (κ1) is 18.4. The van der Waals surface area contributed by atoms with Crippen molar-refractivity contribution in [2.24, 2.45) is 0 Å². The minimum absolute atomic E-state index is 0.0848. The Labute approximate surface area is 156 Å². The molecule has 2 N–H and O–H groups in total. The molecule has 3 aromatic rings. The van der Waals surface area contributed by atoms with Crippen LogP contribution in [0, 0.1) is 5.82 Å². The smallest absolute Gasteiger partial charge is 0.317 e. The first-order valence-electron chi connectivity index (χ1n) is 8.54. The molecule has 3 amide bonds. The number of nitrogens with one attached hydrogen (secondary N) is 2. The van der Waals surface area contributed by atoms with E-state index < -0.39 is 0 Å². The average molecular weight is 365 g/mol. The summed E-state index contributed by atoms with van der Waals surface area (Å²) in [5.74, 6) is -0.613. The van der Waals surface area contributed by atoms with E-state index in [1.54, 1.807) is 19.2 Å². The SMILES string of the molecule is CN(CC(=O)Nc1cccc2ccccc12)C(=O)NCc1ccc(F)cc1. The zero-order chi connectivity index (χ0) is 19.2. The molecule has 0 aliphatic carbocycles. The maximum atomic E-state index is 12.9. The van der Waals surface area contributed by atoms with Gasteiger partial charge in [-0.15, -0.1) is 0 Å². The highest BCUT2D eigenvalue weighted by Crippen LogP contribution is 2.22. The number of nitrogens with zero attached hydrogens (tertiary/aromatic N) is 1. The average Bonchev–Trinajstić information content (AvgIpc) is 2.67. The van der Waals surface area contributed by atoms with Crippen molar-refractivity contribution in [3.8, 4) is 0 Å². The molecule has 0 radical (unpaired) electrons. The van der Waals surface area contributed by atoms with Gasteiger partial charge in [0.05, 0.1) is 0 Å². The van der Waals surface area contributed by atoms with Gasteiger partial charge in [-0.25, -0.2) is 9.18 Å². The van der Waals surface area contributed by atoms with Gasteiger partial charge in [0.15, 0.2) is 0 Å². The molecule has 0 aliphatic heterocycles. The number of carbonyl (C=O) groups is 2. The Morgan fingerprint density at radius 1 is 0.963 bits per heavy atom. The Kier molecular flexibility index (Phi) is 5.66. The lowest BCUT2D eigenvalue weighted by Crippen LogP contribution is -2.41. The van der Waals surface area contributed by atoms with Crippen molar-refractivity contribution in [3.05, 3.63) is 78.1 Å². The van der Waals surface area contributed by atoms with Crippen molar-refractivity contribution in [1.82, 2.24) is 10.2 Å². The van der Waals surface area contributed by atoms with E-state index in [0.29, 0.717) is 5.69 Å². The topological polar surface area (TPSA) is 61.4 Å². The molecule has 0 heterocycles. The fourth-order valence-corrected chi connectivity index (χ4v) is 2.73. The van der Waals surface area contributed by atoms with Crippen LogP contribution >= 0.6 is 0 Å². The molecule has 0 saturated heterocycles. The summed E-state index contributed by atoms with van der Waals surface area (Å²) in [4.78, 5) is 25.7. The third kappa shape index (κ3) is 4.82. The van der Waals surface area contributed by atoms with Crippen LogP contribution in [0.3, 0.4) is 0 Å². The van der Waals surface area contributed by atoms with Crippen molar-refractivity contribution in [3.63, 3.8) is 0 Å². The highest BCUT2D eigenvalue weighted by Gasteiger charge is 2.13. The van der Waals surface area contributed by atoms with Crippen molar-refractivity contribution in [2.75, 3.05) is 18.9 Å². The van der Waals surface area contributed by atoms with Gasteiger partial charge >= 0.3 is 6.03 Å². The molecule has 0 fully saturated rings. The predicted octanol–water partition coefficient (Wildman–Crippen LogP) is 3.76. The van der Waals surface area contributed by atoms with E-state index in [2.05, 4.69) is 10.6 Å². The molecule has 5 nitrogen and oxygen atoms in total. The largest absolute Gasteiger partial charge is 0.334 e. The predicted molar refractivity (Wildman–Crippen MR) is 104 cm³/mol. The monoisotopic (exact) mass is 365 g/mol. The van der Waals surface area contributed by atoms with Crippen LogP contribution in [0.5, 0.6) is 0 Å². The van der Waals surface area contributed by atoms with E-state index in [1.165, 1.54) is 17.0 Å². The van der Waals surface area contributed by atoms with Gasteiger partial charge in [0.25, 0.3) is 0 Å². The number of likely N-dealkylation sites (N-methyl/N-ethyl adjacent to an activating group) is 1. The number of anilines is 1. The van der Waals surface area contributed by atoms with Gasteiger partial charge in [-0.2, -0.15) is 0 Å². The van der Waals surface area contributed by atoms with E-state index >= 15 is 0 Å². The Morgan fingerprint density at radius 2 is 1.67 bits per heavy atom. The molecule has 0 aliphatic rings. The van der Waals surface area contributed by atoms with Gasteiger partial charge in [-0.3, -0.25) is 4.79 Å². The first-order valence-corrected chi connectivity index (χ1v) is 8.54. The Bertz CT molecular complexity index is 952. The summed E-state index contributed by atoms with van der Waals surface area (Å²) in [6, 6.07) is 18.9. The number of amides is 3. The molecule has 0 spiro atoms. The van der Waals surface area contributed by atoms with Gasteiger partial charge in [0.2, 0.25) is 5.91 Å². The van der Waals surface area contributed by atoms with Crippen LogP contribution in [-0.2, 0) is 11.3 Å². The highest BCUT2D eigenvalue weighted by molar-refractivity contribution is 6.03. The van der Waals surface area contributed by atoms with E-state index in [1.807, 2.05) is 42.5 Å². The fraction of sp³-hybridized carbons (Fsp3) is 0.143. The molecule has 6 heteroatoms. The van der Waals surface area contributed by atoms with Gasteiger partial charge in [-0.1, -0.05) is 48.5 Å². The molecule has 0 aromatic heterocycles. The zero-order valence-electron chi connectivity index (χ0n) is 14.9. The summed E-state index contributed by atoms with van der Waals surface area (Å²) in [5, 5.41) is 7.52. The molecule has 0 saturated carbocycles. The highest BCUT2D eigenvalue weighted by atomic mass is 19.1. The standard InChI is InChI=1S/C21H20FN3O2/c1-25(21(27)23-13-15-9-11-17(22)12-10-15)14-20(26)24-19-8-4-6-16-5-2-3-7-18(16)19/h2-12H,13-14H2,1H3,(H,23,27)(H,24,26). The molecule has 138 valence electrons. The lowest BCUT2D eigenvalue weighted by Gasteiger charge is -2.18. The summed E-state index contributed by atoms with van der Waals surface area (Å²) >= 11 is 0. The van der Waals surface area contributed by atoms with Crippen LogP contribution in [0.4, 0.5) is 14.9 Å². The van der Waals surface area contributed by atoms with E-state index in [-0.39, 0.29) is 30.8 Å². The fourth-order valence-electron chi connectivity index (χ4n) is 2.73. The van der Waals surface area contributed by atoms with Crippen LogP contribution in [0.1, 0.15) is 5.56 Å². The van der Waals surface area contributed by atoms with Crippen LogP contribution in [0.25, 0.3) is 10.8 Å². The van der Waals surface area contributed by atoms with Gasteiger partial charge in [-0.05, 0) is 29.1 Å². The van der Waals surface area contributed by atoms with Crippen molar-refractivity contribution < 1.29 is 14.0 Å². The maximum Gasteiger partial charge on any atom is 0.317 e. The third-order valence-corrected chi connectivity index (χ3v) is 4.15. The number of urea groups is 1. The Balaban J connectivity index is 1.55. The second-order valence-electron chi connectivity index (χ2n) is 6.22. The van der Waals surface area contributed by atoms with Crippen molar-refractivity contribution in [2.45, 2.75) is 6.54 Å². The van der Waals surface area contributed by atoms with Crippen molar-refractivity contribution in [1.29, 1.82) is 0 Å². The van der Waals surface area contributed by atoms with Crippen LogP contribution < -0.4 is 10.6 Å². The first-order chi connectivity index (χ1) is 13.0. The number of fused-ring (bicyclic) bond motifs is 1. The summed E-state index contributed by atoms with van der Waals surface area (Å²) < 4.78 is 12.9. The summed E-state index contributed by atoms with van der Waals surface area (Å²) in [6.45, 7) is 0.173. The van der Waals surface area contributed by atoms with Crippen LogP contribution in [0.2, 0.25) is 0 Å². The molecular weight excluding hydrogens is 345 g/mol. The van der Waals surface area contributed by atoms with Crippen LogP contribution in [0.15, 0.2) is 66.7 Å². The number of hydrogen-bond acceptors (Lipinski definition) is 2. The summed E-state index contributed by atoms with van der Waals surface area (Å²) in [5.41, 5.74) is 1.48. The van der Waals surface area contributed by atoms with Crippen molar-refractivity contribution >= 4 is 28.4 Å². The van der Waals surface area contributed by atoms with E-state index in [0.717, 1.165) is 16.3 Å². The summed E-state index contributed by atoms with van der Waals surface area (Å²) in [7, 11) is 1.54. The number of hydrogen-bond donors (Lipinski definition) is 2. The second-order valence-corrected chi connectivity index (χ2v) is 6.22. The molecule has 0 bridgehead atoms. The zero-order valence-corrected chi connectivity index (χ0v) is 14.9. The third-order valence-electron chi connectivity index (χ3n) is 4.15. The molecule has 0 atom stereocenters. The lowest BCUT2D eigenvalue weighted by molar-refractivity contribution is -0.116. The normalized spacial score (nSPS) is 10.4. The number of benzene rings is 3. The molecular formula is C21H20FN3O2. The van der Waals surface area contributed by atoms with Crippen LogP contribution in [-0.4, -0.2) is 30.4 Å². The second kappa shape index (κ2) is 8.31. The minimum Gasteiger partial charge on any atom is -0.334 e. The quantitative estimate of drug-likeness (QED) is 0.723. The molecule has 27 heavy (non-hydrogen) atoms. The number of carbonyl (C=O) groups excluding carboxylic acids is 2. The molecule has 0 unspecified atom stereocenters. The van der Waals surface area contributed by atoms with E-state index in [9.17, 15) is 14.0 Å². The maximum absolute atomic E-state index is 12.9. The number of rotatable bonds is 5. The lowest BCUT2D eigenvalue weighted by atomic mass is 10.1. The van der Waals surface area contributed by atoms with E-state index in [4.69, 9.17) is 0 Å². The van der Waals surface area contributed by atoms with Gasteiger partial charge < -0.3 is 15.5 Å². The van der Waals surface area contributed by atoms with Gasteiger partial charge in [0.1, 0.15) is 12.4 Å². The number of halogens is 1. The minimum atomic E-state index is -0.382. The summed E-state index contributed by atoms with van der Waals surface area (Å²) in [6.07, 6.45) is 0. The van der Waals surface area contributed by atoms with Gasteiger partial charge in [0, 0.05) is 24.7 Å². The Hall–Kier alpha value is -3.41. The molecule has 3 aromatic carbocycles.